The molecule has 0 bridgehead atoms. The highest BCUT2D eigenvalue weighted by Crippen LogP contribution is 2.21. The minimum absolute atomic E-state index is 0.135. The van der Waals surface area contributed by atoms with Crippen molar-refractivity contribution in [2.75, 3.05) is 5.32 Å². The van der Waals surface area contributed by atoms with E-state index in [1.807, 2.05) is 18.2 Å². The zero-order valence-electron chi connectivity index (χ0n) is 14.2. The molecule has 3 aromatic rings. The Bertz CT molecular complexity index is 960. The van der Waals surface area contributed by atoms with Gasteiger partial charge >= 0.3 is 0 Å². The number of rotatable bonds is 6. The van der Waals surface area contributed by atoms with Crippen molar-refractivity contribution in [1.29, 1.82) is 0 Å². The fourth-order valence-electron chi connectivity index (χ4n) is 2.45. The first kappa shape index (κ1) is 19.1. The Hall–Kier alpha value is -2.64. The Kier molecular flexibility index (Phi) is 6.26. The molecule has 3 rings (SSSR count). The van der Waals surface area contributed by atoms with Gasteiger partial charge in [0, 0.05) is 29.1 Å². The van der Waals surface area contributed by atoms with Crippen molar-refractivity contribution < 1.29 is 9.59 Å². The average Bonchev–Trinajstić information content (AvgIpc) is 3.13. The van der Waals surface area contributed by atoms with Crippen LogP contribution in [0.2, 0.25) is 5.02 Å². The number of carbonyl (C=O) groups is 2. The first-order valence-corrected chi connectivity index (χ1v) is 9.28. The number of nitrogens with zero attached hydrogens (tertiary/aromatic N) is 2. The number of benzene rings is 2. The van der Waals surface area contributed by atoms with E-state index in [4.69, 9.17) is 11.6 Å². The van der Waals surface area contributed by atoms with Gasteiger partial charge < -0.3 is 10.6 Å². The van der Waals surface area contributed by atoms with Gasteiger partial charge in [0.05, 0.1) is 10.6 Å². The maximum absolute atomic E-state index is 12.3. The maximum Gasteiger partial charge on any atom is 0.253 e. The fourth-order valence-corrected chi connectivity index (χ4v) is 3.21. The Morgan fingerprint density at radius 2 is 2.00 bits per heavy atom. The molecule has 8 heteroatoms. The van der Waals surface area contributed by atoms with Crippen molar-refractivity contribution in [3.05, 3.63) is 81.5 Å². The quantitative estimate of drug-likeness (QED) is 0.602. The van der Waals surface area contributed by atoms with Gasteiger partial charge in [-0.25, -0.2) is 0 Å². The number of halogens is 2. The topological polar surface area (TPSA) is 76.0 Å². The Balaban J connectivity index is 1.58. The summed E-state index contributed by atoms with van der Waals surface area (Å²) in [5.41, 5.74) is 1.91. The van der Waals surface area contributed by atoms with E-state index < -0.39 is 0 Å². The highest BCUT2D eigenvalue weighted by atomic mass is 79.9. The summed E-state index contributed by atoms with van der Waals surface area (Å²) in [4.78, 5) is 24.3. The third-order valence-electron chi connectivity index (χ3n) is 3.70. The highest BCUT2D eigenvalue weighted by Gasteiger charge is 2.10. The first-order valence-electron chi connectivity index (χ1n) is 8.11. The molecule has 2 amide bonds. The van der Waals surface area contributed by atoms with Crippen LogP contribution >= 0.6 is 27.5 Å². The van der Waals surface area contributed by atoms with Gasteiger partial charge in [-0.2, -0.15) is 5.10 Å². The lowest BCUT2D eigenvalue weighted by Gasteiger charge is -2.10. The van der Waals surface area contributed by atoms with Crippen molar-refractivity contribution in [2.45, 2.75) is 13.1 Å². The van der Waals surface area contributed by atoms with E-state index in [9.17, 15) is 9.59 Å². The van der Waals surface area contributed by atoms with Crippen molar-refractivity contribution in [2.24, 2.45) is 0 Å². The molecule has 0 radical (unpaired) electrons. The van der Waals surface area contributed by atoms with Gasteiger partial charge in [-0.3, -0.25) is 14.3 Å². The van der Waals surface area contributed by atoms with Gasteiger partial charge in [-0.05, 0) is 42.0 Å². The molecule has 6 nitrogen and oxygen atoms in total. The fraction of sp³-hybridized carbons (Fsp3) is 0.105. The van der Waals surface area contributed by atoms with Crippen LogP contribution in [0.4, 0.5) is 5.69 Å². The Labute approximate surface area is 169 Å². The molecule has 0 atom stereocenters. The maximum atomic E-state index is 12.3. The summed E-state index contributed by atoms with van der Waals surface area (Å²) in [7, 11) is 0. The van der Waals surface area contributed by atoms with Crippen LogP contribution in [0.25, 0.3) is 0 Å². The molecule has 27 heavy (non-hydrogen) atoms. The first-order chi connectivity index (χ1) is 13.0. The molecule has 0 aliphatic rings. The van der Waals surface area contributed by atoms with E-state index in [2.05, 4.69) is 31.7 Å². The number of hydrogen-bond acceptors (Lipinski definition) is 3. The normalized spacial score (nSPS) is 10.4. The summed E-state index contributed by atoms with van der Waals surface area (Å²) >= 11 is 9.41. The minimum Gasteiger partial charge on any atom is -0.348 e. The lowest BCUT2D eigenvalue weighted by atomic mass is 10.1. The molecular formula is C19H16BrClN4O2. The van der Waals surface area contributed by atoms with Crippen LogP contribution in [-0.2, 0) is 17.9 Å². The predicted octanol–water partition coefficient (Wildman–Crippen LogP) is 3.87. The van der Waals surface area contributed by atoms with E-state index >= 15 is 0 Å². The molecule has 2 aromatic carbocycles. The van der Waals surface area contributed by atoms with Crippen LogP contribution < -0.4 is 10.6 Å². The van der Waals surface area contributed by atoms with E-state index in [1.54, 1.807) is 47.4 Å². The standard InChI is InChI=1S/C19H16BrClN4O2/c20-14-5-6-16(17(21)10-14)19(27)22-11-13-3-1-4-15(9-13)24-18(26)12-25-8-2-7-23-25/h1-10H,11-12H2,(H,22,27)(H,24,26). The van der Waals surface area contributed by atoms with E-state index in [-0.39, 0.29) is 18.4 Å². The molecular weight excluding hydrogens is 432 g/mol. The smallest absolute Gasteiger partial charge is 0.253 e. The number of nitrogens with one attached hydrogen (secondary N) is 2. The molecule has 0 fully saturated rings. The molecule has 138 valence electrons. The number of aromatic nitrogens is 2. The predicted molar refractivity (Wildman–Crippen MR) is 108 cm³/mol. The lowest BCUT2D eigenvalue weighted by Crippen LogP contribution is -2.23. The average molecular weight is 448 g/mol. The second-order valence-corrected chi connectivity index (χ2v) is 7.08. The van der Waals surface area contributed by atoms with Crippen LogP contribution in [0.5, 0.6) is 0 Å². The molecule has 0 aliphatic carbocycles. The Morgan fingerprint density at radius 3 is 2.74 bits per heavy atom. The summed E-state index contributed by atoms with van der Waals surface area (Å²) < 4.78 is 2.35. The van der Waals surface area contributed by atoms with Crippen LogP contribution in [0, 0.1) is 0 Å². The van der Waals surface area contributed by atoms with Crippen LogP contribution in [0.3, 0.4) is 0 Å². The molecule has 0 saturated heterocycles. The van der Waals surface area contributed by atoms with Crippen molar-refractivity contribution >= 4 is 45.0 Å². The van der Waals surface area contributed by atoms with Gasteiger partial charge in [0.1, 0.15) is 6.54 Å². The van der Waals surface area contributed by atoms with Crippen molar-refractivity contribution in [3.8, 4) is 0 Å². The minimum atomic E-state index is -0.263. The van der Waals surface area contributed by atoms with Gasteiger partial charge in [0.2, 0.25) is 5.91 Å². The second kappa shape index (κ2) is 8.83. The van der Waals surface area contributed by atoms with E-state index in [0.29, 0.717) is 22.8 Å². The zero-order valence-corrected chi connectivity index (χ0v) is 16.5. The third kappa shape index (κ3) is 5.42. The van der Waals surface area contributed by atoms with Crippen molar-refractivity contribution in [3.63, 3.8) is 0 Å². The van der Waals surface area contributed by atoms with Crippen molar-refractivity contribution in [1.82, 2.24) is 15.1 Å². The number of amides is 2. The largest absolute Gasteiger partial charge is 0.348 e. The van der Waals surface area contributed by atoms with E-state index in [0.717, 1.165) is 10.0 Å². The summed E-state index contributed by atoms with van der Waals surface area (Å²) in [6.45, 7) is 0.449. The van der Waals surface area contributed by atoms with Crippen LogP contribution in [0.15, 0.2) is 65.4 Å². The lowest BCUT2D eigenvalue weighted by molar-refractivity contribution is -0.116. The molecule has 0 saturated carbocycles. The third-order valence-corrected chi connectivity index (χ3v) is 4.51. The molecule has 0 unspecified atom stereocenters. The van der Waals surface area contributed by atoms with Crippen LogP contribution in [0.1, 0.15) is 15.9 Å². The van der Waals surface area contributed by atoms with Gasteiger partial charge in [-0.1, -0.05) is 39.7 Å². The number of anilines is 1. The molecule has 0 aliphatic heterocycles. The number of carbonyl (C=O) groups excluding carboxylic acids is 2. The molecule has 2 N–H and O–H groups in total. The van der Waals surface area contributed by atoms with Crippen LogP contribution in [-0.4, -0.2) is 21.6 Å². The van der Waals surface area contributed by atoms with Gasteiger partial charge in [0.25, 0.3) is 5.91 Å². The zero-order chi connectivity index (χ0) is 19.2. The number of hydrogen-bond donors (Lipinski definition) is 2. The summed E-state index contributed by atoms with van der Waals surface area (Å²) in [6, 6.07) is 14.1. The SMILES string of the molecule is O=C(Cn1cccn1)Nc1cccc(CNC(=O)c2ccc(Br)cc2Cl)c1. The van der Waals surface area contributed by atoms with Gasteiger partial charge in [-0.15, -0.1) is 0 Å². The molecule has 1 aromatic heterocycles. The summed E-state index contributed by atoms with van der Waals surface area (Å²) in [5.74, 6) is -0.442. The monoisotopic (exact) mass is 446 g/mol. The molecule has 1 heterocycles. The molecule has 0 spiro atoms. The van der Waals surface area contributed by atoms with E-state index in [1.165, 1.54) is 0 Å². The summed E-state index contributed by atoms with van der Waals surface area (Å²) in [5, 5.41) is 10.0. The second-order valence-electron chi connectivity index (χ2n) is 5.76. The van der Waals surface area contributed by atoms with Gasteiger partial charge in [0.15, 0.2) is 0 Å². The Morgan fingerprint density at radius 1 is 1.15 bits per heavy atom. The highest BCUT2D eigenvalue weighted by molar-refractivity contribution is 9.10. The summed E-state index contributed by atoms with van der Waals surface area (Å²) in [6.07, 6.45) is 3.34.